The van der Waals surface area contributed by atoms with E-state index in [4.69, 9.17) is 9.47 Å². The highest BCUT2D eigenvalue weighted by atomic mass is 16.5. The molecule has 0 saturated carbocycles. The lowest BCUT2D eigenvalue weighted by molar-refractivity contribution is -0.932. The van der Waals surface area contributed by atoms with Gasteiger partial charge in [-0.15, -0.1) is 0 Å². The molecule has 0 bridgehead atoms. The van der Waals surface area contributed by atoms with Crippen molar-refractivity contribution in [2.75, 3.05) is 34.4 Å². The summed E-state index contributed by atoms with van der Waals surface area (Å²) in [4.78, 5) is 17.0. The van der Waals surface area contributed by atoms with E-state index in [2.05, 4.69) is 25.0 Å². The van der Waals surface area contributed by atoms with Gasteiger partial charge in [0.15, 0.2) is 0 Å². The van der Waals surface area contributed by atoms with E-state index in [0.717, 1.165) is 48.1 Å². The van der Waals surface area contributed by atoms with Gasteiger partial charge in [0, 0.05) is 24.7 Å². The van der Waals surface area contributed by atoms with Gasteiger partial charge in [0.25, 0.3) is 0 Å². The number of para-hydroxylation sites is 1. The van der Waals surface area contributed by atoms with Crippen LogP contribution in [0, 0.1) is 11.8 Å². The van der Waals surface area contributed by atoms with Crippen molar-refractivity contribution in [2.24, 2.45) is 16.8 Å². The zero-order chi connectivity index (χ0) is 20.8. The fourth-order valence-electron chi connectivity index (χ4n) is 6.22. The summed E-state index contributed by atoms with van der Waals surface area (Å²) >= 11 is 0. The molecule has 5 atom stereocenters. The highest BCUT2D eigenvalue weighted by molar-refractivity contribution is 5.94. The Kier molecular flexibility index (Phi) is 4.93. The van der Waals surface area contributed by atoms with Crippen LogP contribution in [0.3, 0.4) is 0 Å². The number of piperidine rings is 1. The third kappa shape index (κ3) is 2.80. The number of carbonyl (C=O) groups excluding carboxylic acids is 1. The predicted molar refractivity (Wildman–Crippen MR) is 109 cm³/mol. The van der Waals surface area contributed by atoms with Gasteiger partial charge in [-0.1, -0.05) is 25.1 Å². The van der Waals surface area contributed by atoms with E-state index in [1.54, 1.807) is 7.11 Å². The molecule has 2 saturated heterocycles. The molecule has 0 unspecified atom stereocenters. The van der Waals surface area contributed by atoms with Gasteiger partial charge < -0.3 is 19.1 Å². The molecule has 1 aromatic rings. The van der Waals surface area contributed by atoms with Crippen molar-refractivity contribution in [3.8, 4) is 0 Å². The van der Waals surface area contributed by atoms with Crippen molar-refractivity contribution < 1.29 is 23.9 Å². The first-order valence-electron chi connectivity index (χ1n) is 10.4. The van der Waals surface area contributed by atoms with Crippen LogP contribution in [0.1, 0.15) is 31.7 Å². The molecule has 3 aliphatic heterocycles. The number of ether oxygens (including phenoxy) is 2. The number of likely N-dealkylation sites (N-methyl/N-ethyl adjacent to an activating group) is 1. The van der Waals surface area contributed by atoms with E-state index in [0.29, 0.717) is 11.5 Å². The summed E-state index contributed by atoms with van der Waals surface area (Å²) in [5.74, 6) is -0.0365. The van der Waals surface area contributed by atoms with Gasteiger partial charge in [-0.05, 0) is 23.9 Å². The molecule has 29 heavy (non-hydrogen) atoms. The zero-order valence-electron chi connectivity index (χ0n) is 17.7. The molecule has 6 nitrogen and oxygen atoms in total. The molecule has 2 fully saturated rings. The van der Waals surface area contributed by atoms with E-state index in [-0.39, 0.29) is 23.8 Å². The smallest absolute Gasteiger partial charge is 0.337 e. The second kappa shape index (κ2) is 7.17. The molecule has 3 heterocycles. The molecule has 3 aliphatic rings. The number of methoxy groups -OCH3 is 2. The highest BCUT2D eigenvalue weighted by Crippen LogP contribution is 2.55. The maximum absolute atomic E-state index is 13.3. The van der Waals surface area contributed by atoms with Crippen LogP contribution in [0.2, 0.25) is 0 Å². The lowest BCUT2D eigenvalue weighted by Crippen LogP contribution is -2.63. The first-order chi connectivity index (χ1) is 13.9. The van der Waals surface area contributed by atoms with Gasteiger partial charge in [-0.3, -0.25) is 4.99 Å². The number of aliphatic imine (C=N–C) groups is 1. The van der Waals surface area contributed by atoms with Crippen molar-refractivity contribution in [3.05, 3.63) is 41.7 Å². The Morgan fingerprint density at radius 3 is 2.83 bits per heavy atom. The molecule has 1 spiro atoms. The summed E-state index contributed by atoms with van der Waals surface area (Å²) in [7, 11) is 5.23. The minimum Gasteiger partial charge on any atom is -0.861 e. The molecule has 0 aromatic heterocycles. The van der Waals surface area contributed by atoms with Gasteiger partial charge in [-0.25, -0.2) is 4.79 Å². The molecule has 0 aliphatic carbocycles. The summed E-state index contributed by atoms with van der Waals surface area (Å²) < 4.78 is 11.2. The van der Waals surface area contributed by atoms with Gasteiger partial charge in [-0.2, -0.15) is 0 Å². The molecule has 1 aromatic carbocycles. The van der Waals surface area contributed by atoms with Crippen LogP contribution < -0.4 is 5.11 Å². The Bertz CT molecular complexity index is 879. The number of fused-ring (bicyclic) bond motifs is 4. The van der Waals surface area contributed by atoms with Crippen LogP contribution in [-0.4, -0.2) is 56.7 Å². The molecule has 6 heteroatoms. The molecule has 0 amide bonds. The van der Waals surface area contributed by atoms with Crippen LogP contribution >= 0.6 is 0 Å². The number of hydrogen-bond acceptors (Lipinski definition) is 5. The second-order valence-corrected chi connectivity index (χ2v) is 8.87. The van der Waals surface area contributed by atoms with Crippen LogP contribution in [-0.2, 0) is 19.7 Å². The maximum Gasteiger partial charge on any atom is 0.337 e. The summed E-state index contributed by atoms with van der Waals surface area (Å²) in [6.45, 7) is 4.05. The largest absolute Gasteiger partial charge is 0.861 e. The first kappa shape index (κ1) is 20.0. The number of hydrogen-bond donors (Lipinski definition) is 0. The number of carbonyl (C=O) groups is 1. The van der Waals surface area contributed by atoms with E-state index < -0.39 is 5.41 Å². The van der Waals surface area contributed by atoms with E-state index >= 15 is 0 Å². The minimum absolute atomic E-state index is 0.000799. The third-order valence-electron chi connectivity index (χ3n) is 7.61. The van der Waals surface area contributed by atoms with Crippen LogP contribution in [0.15, 0.2) is 41.1 Å². The maximum atomic E-state index is 13.3. The summed E-state index contributed by atoms with van der Waals surface area (Å²) in [6.07, 6.45) is 4.05. The predicted octanol–water partition coefficient (Wildman–Crippen LogP) is 2.30. The fourth-order valence-corrected chi connectivity index (χ4v) is 6.22. The second-order valence-electron chi connectivity index (χ2n) is 8.87. The van der Waals surface area contributed by atoms with Gasteiger partial charge in [0.05, 0.1) is 57.3 Å². The average Bonchev–Trinajstić information content (AvgIpc) is 3.19. The normalized spacial score (nSPS) is 35.8. The topological polar surface area (TPSA) is 71.0 Å². The quantitative estimate of drug-likeness (QED) is 0.338. The molecular formula is C23H30N2O4. The minimum atomic E-state index is -0.587. The highest BCUT2D eigenvalue weighted by Gasteiger charge is 2.63. The molecule has 0 N–H and O–H groups in total. The number of rotatable bonds is 4. The lowest BCUT2D eigenvalue weighted by atomic mass is 9.66. The summed E-state index contributed by atoms with van der Waals surface area (Å²) in [5.41, 5.74) is 1.85. The SMILES string of the molecule is CC[C@H]1C[N@@+]2(C)CC[C@]3(C([O-])=Nc4ccccc43)[C@H]2C[C@@H]1/C(=C\OC)C(=O)OC. The van der Waals surface area contributed by atoms with Gasteiger partial charge in [0.2, 0.25) is 0 Å². The third-order valence-corrected chi connectivity index (χ3v) is 7.61. The number of esters is 1. The number of benzene rings is 1. The van der Waals surface area contributed by atoms with Crippen molar-refractivity contribution >= 4 is 17.6 Å². The molecule has 0 radical (unpaired) electrons. The van der Waals surface area contributed by atoms with Crippen LogP contribution in [0.5, 0.6) is 0 Å². The first-order valence-corrected chi connectivity index (χ1v) is 10.4. The molecular weight excluding hydrogens is 368 g/mol. The Balaban J connectivity index is 1.79. The van der Waals surface area contributed by atoms with Gasteiger partial charge >= 0.3 is 5.97 Å². The van der Waals surface area contributed by atoms with Crippen molar-refractivity contribution in [2.45, 2.75) is 37.6 Å². The number of nitrogens with zero attached hydrogens (tertiary/aromatic N) is 2. The molecule has 156 valence electrons. The van der Waals surface area contributed by atoms with Crippen LogP contribution in [0.25, 0.3) is 0 Å². The monoisotopic (exact) mass is 398 g/mol. The number of quaternary nitrogens is 1. The zero-order valence-corrected chi connectivity index (χ0v) is 17.7. The van der Waals surface area contributed by atoms with E-state index in [9.17, 15) is 9.90 Å². The Hall–Kier alpha value is -2.34. The molecule has 4 rings (SSSR count). The van der Waals surface area contributed by atoms with Crippen molar-refractivity contribution in [1.29, 1.82) is 0 Å². The Morgan fingerprint density at radius 2 is 2.14 bits per heavy atom. The fraction of sp³-hybridized carbons (Fsp3) is 0.565. The Labute approximate surface area is 172 Å². The van der Waals surface area contributed by atoms with E-state index in [1.165, 1.54) is 13.4 Å². The Morgan fingerprint density at radius 1 is 1.38 bits per heavy atom. The summed E-state index contributed by atoms with van der Waals surface area (Å²) in [5, 5.41) is 13.3. The van der Waals surface area contributed by atoms with Crippen LogP contribution in [0.4, 0.5) is 5.69 Å². The van der Waals surface area contributed by atoms with E-state index in [1.807, 2.05) is 18.2 Å². The van der Waals surface area contributed by atoms with Crippen molar-refractivity contribution in [1.82, 2.24) is 0 Å². The van der Waals surface area contributed by atoms with Gasteiger partial charge in [0.1, 0.15) is 6.04 Å². The summed E-state index contributed by atoms with van der Waals surface area (Å²) in [6, 6.07) is 8.01. The average molecular weight is 399 g/mol. The standard InChI is InChI=1S/C23H30N2O4/c1-5-15-13-25(2)11-10-23(18-8-6-7-9-19(18)24-22(23)27)20(25)12-16(15)17(14-28-3)21(26)29-4/h6-9,14-16,20H,5,10-13H2,1-4H3/b17-14+/t15-,16-,20+,23+,25+/m0/s1. The van der Waals surface area contributed by atoms with Crippen molar-refractivity contribution in [3.63, 3.8) is 0 Å². The lowest BCUT2D eigenvalue weighted by Gasteiger charge is -2.51.